The van der Waals surface area contributed by atoms with E-state index in [-0.39, 0.29) is 30.1 Å². The van der Waals surface area contributed by atoms with E-state index in [1.807, 2.05) is 6.33 Å². The van der Waals surface area contributed by atoms with E-state index in [0.717, 1.165) is 70.4 Å². The Bertz CT molecular complexity index is 817. The molecule has 0 amide bonds. The lowest BCUT2D eigenvalue weighted by atomic mass is 10.0. The zero-order valence-electron chi connectivity index (χ0n) is 17.8. The van der Waals surface area contributed by atoms with Gasteiger partial charge in [0.25, 0.3) is 0 Å². The molecule has 1 aromatic heterocycles. The third-order valence-corrected chi connectivity index (χ3v) is 5.80. The maximum absolute atomic E-state index is 5.89. The minimum absolute atomic E-state index is 0. The monoisotopic (exact) mass is 524 g/mol. The first-order chi connectivity index (χ1) is 14.3. The number of nitrogens with one attached hydrogen (secondary N) is 1. The van der Waals surface area contributed by atoms with Crippen molar-refractivity contribution in [3.63, 3.8) is 0 Å². The number of aromatic nitrogens is 3. The molecule has 0 radical (unpaired) electrons. The molecule has 2 aromatic rings. The van der Waals surface area contributed by atoms with E-state index in [1.54, 1.807) is 0 Å². The van der Waals surface area contributed by atoms with Crippen LogP contribution in [-0.4, -0.2) is 58.0 Å². The number of aliphatic imine (C=N–C) groups is 1. The quantitative estimate of drug-likeness (QED) is 0.358. The highest BCUT2D eigenvalue weighted by Crippen LogP contribution is 2.19. The number of rotatable bonds is 6. The Morgan fingerprint density at radius 3 is 2.93 bits per heavy atom. The van der Waals surface area contributed by atoms with Crippen LogP contribution in [0.4, 0.5) is 0 Å². The van der Waals surface area contributed by atoms with Crippen molar-refractivity contribution in [1.82, 2.24) is 25.0 Å². The van der Waals surface area contributed by atoms with Crippen molar-refractivity contribution in [2.75, 3.05) is 26.2 Å². The van der Waals surface area contributed by atoms with Gasteiger partial charge in [0.1, 0.15) is 12.2 Å². The van der Waals surface area contributed by atoms with Gasteiger partial charge in [-0.25, -0.2) is 0 Å². The Kier molecular flexibility index (Phi) is 8.92. The lowest BCUT2D eigenvalue weighted by Gasteiger charge is -2.32. The van der Waals surface area contributed by atoms with Crippen molar-refractivity contribution in [2.45, 2.75) is 58.2 Å². The van der Waals surface area contributed by atoms with Gasteiger partial charge in [0.2, 0.25) is 0 Å². The fourth-order valence-electron chi connectivity index (χ4n) is 4.11. The molecule has 0 spiro atoms. The van der Waals surface area contributed by atoms with Crippen LogP contribution >= 0.6 is 24.0 Å². The highest BCUT2D eigenvalue weighted by Gasteiger charge is 2.20. The summed E-state index contributed by atoms with van der Waals surface area (Å²) in [7, 11) is 0. The summed E-state index contributed by atoms with van der Waals surface area (Å²) in [5.41, 5.74) is 2.85. The van der Waals surface area contributed by atoms with Crippen molar-refractivity contribution in [1.29, 1.82) is 0 Å². The summed E-state index contributed by atoms with van der Waals surface area (Å²) in [4.78, 5) is 7.34. The van der Waals surface area contributed by atoms with Gasteiger partial charge in [-0.15, -0.1) is 34.2 Å². The Balaban J connectivity index is 0.00000256. The number of fused-ring (bicyclic) bond motifs is 1. The van der Waals surface area contributed by atoms with Crippen molar-refractivity contribution in [2.24, 2.45) is 4.99 Å². The second-order valence-electron chi connectivity index (χ2n) is 7.81. The summed E-state index contributed by atoms with van der Waals surface area (Å²) in [6, 6.07) is 8.73. The molecule has 1 aromatic carbocycles. The average Bonchev–Trinajstić information content (AvgIpc) is 3.24. The van der Waals surface area contributed by atoms with Crippen LogP contribution in [0.3, 0.4) is 0 Å². The number of guanidine groups is 1. The molecule has 1 saturated heterocycles. The van der Waals surface area contributed by atoms with Gasteiger partial charge in [0.05, 0.1) is 12.6 Å². The van der Waals surface area contributed by atoms with Gasteiger partial charge < -0.3 is 19.5 Å². The topological polar surface area (TPSA) is 67.6 Å². The molecule has 2 aliphatic heterocycles. The molecular weight excluding hydrogens is 491 g/mol. The number of ether oxygens (including phenoxy) is 1. The van der Waals surface area contributed by atoms with Crippen LogP contribution in [0.2, 0.25) is 0 Å². The SMILES string of the molecule is CCc1nncn1CCNC(=NCC1CCCCO1)N1CCc2ccccc2C1.I. The molecule has 30 heavy (non-hydrogen) atoms. The lowest BCUT2D eigenvalue weighted by Crippen LogP contribution is -2.45. The second kappa shape index (κ2) is 11.6. The second-order valence-corrected chi connectivity index (χ2v) is 7.81. The molecular formula is C22H33IN6O. The Labute approximate surface area is 196 Å². The molecule has 0 bridgehead atoms. The number of hydrogen-bond donors (Lipinski definition) is 1. The molecule has 164 valence electrons. The molecule has 1 atom stereocenters. The maximum Gasteiger partial charge on any atom is 0.194 e. The largest absolute Gasteiger partial charge is 0.376 e. The van der Waals surface area contributed by atoms with Gasteiger partial charge >= 0.3 is 0 Å². The third kappa shape index (κ3) is 5.94. The van der Waals surface area contributed by atoms with Crippen LogP contribution in [0.1, 0.15) is 43.1 Å². The molecule has 1 N–H and O–H groups in total. The van der Waals surface area contributed by atoms with Crippen LogP contribution in [-0.2, 0) is 30.7 Å². The van der Waals surface area contributed by atoms with E-state index in [0.29, 0.717) is 0 Å². The van der Waals surface area contributed by atoms with E-state index in [4.69, 9.17) is 9.73 Å². The summed E-state index contributed by atoms with van der Waals surface area (Å²) in [5.74, 6) is 2.01. The van der Waals surface area contributed by atoms with E-state index in [1.165, 1.54) is 24.0 Å². The Morgan fingerprint density at radius 1 is 1.27 bits per heavy atom. The third-order valence-electron chi connectivity index (χ3n) is 5.80. The molecule has 0 aliphatic carbocycles. The van der Waals surface area contributed by atoms with Crippen LogP contribution < -0.4 is 5.32 Å². The van der Waals surface area contributed by atoms with E-state index < -0.39 is 0 Å². The van der Waals surface area contributed by atoms with Gasteiger partial charge in [0, 0.05) is 39.2 Å². The molecule has 2 aliphatic rings. The minimum atomic E-state index is 0. The van der Waals surface area contributed by atoms with Gasteiger partial charge in [0.15, 0.2) is 5.96 Å². The highest BCUT2D eigenvalue weighted by molar-refractivity contribution is 14.0. The predicted molar refractivity (Wildman–Crippen MR) is 129 cm³/mol. The number of hydrogen-bond acceptors (Lipinski definition) is 4. The molecule has 1 unspecified atom stereocenters. The van der Waals surface area contributed by atoms with Crippen molar-refractivity contribution < 1.29 is 4.74 Å². The van der Waals surface area contributed by atoms with Crippen LogP contribution in [0.25, 0.3) is 0 Å². The summed E-state index contributed by atoms with van der Waals surface area (Å²) in [6.07, 6.45) is 7.54. The zero-order chi connectivity index (χ0) is 19.9. The molecule has 3 heterocycles. The molecule has 8 heteroatoms. The van der Waals surface area contributed by atoms with Gasteiger partial charge in [-0.2, -0.15) is 0 Å². The molecule has 1 fully saturated rings. The Morgan fingerprint density at radius 2 is 2.13 bits per heavy atom. The first-order valence-electron chi connectivity index (χ1n) is 10.9. The highest BCUT2D eigenvalue weighted by atomic mass is 127. The number of nitrogens with zero attached hydrogens (tertiary/aromatic N) is 5. The summed E-state index contributed by atoms with van der Waals surface area (Å²) < 4.78 is 8.00. The Hall–Kier alpha value is -1.68. The van der Waals surface area contributed by atoms with Gasteiger partial charge in [-0.3, -0.25) is 4.99 Å². The van der Waals surface area contributed by atoms with Crippen molar-refractivity contribution >= 4 is 29.9 Å². The average molecular weight is 524 g/mol. The zero-order valence-corrected chi connectivity index (χ0v) is 20.1. The van der Waals surface area contributed by atoms with E-state index >= 15 is 0 Å². The predicted octanol–water partition coefficient (Wildman–Crippen LogP) is 3.03. The number of benzene rings is 1. The smallest absolute Gasteiger partial charge is 0.194 e. The van der Waals surface area contributed by atoms with Crippen LogP contribution in [0.15, 0.2) is 35.6 Å². The standard InChI is InChI=1S/C22H32N6O.HI/c1-2-21-26-25-17-28(21)13-11-23-22(24-15-20-9-5-6-14-29-20)27-12-10-18-7-3-4-8-19(18)16-27;/h3-4,7-8,17,20H,2,5-6,9-16H2,1H3,(H,23,24);1H. The van der Waals surface area contributed by atoms with Gasteiger partial charge in [-0.05, 0) is 36.8 Å². The molecule has 7 nitrogen and oxygen atoms in total. The first kappa shape index (κ1) is 23.0. The van der Waals surface area contributed by atoms with E-state index in [9.17, 15) is 0 Å². The van der Waals surface area contributed by atoms with Crippen LogP contribution in [0.5, 0.6) is 0 Å². The summed E-state index contributed by atoms with van der Waals surface area (Å²) in [6.45, 7) is 7.23. The first-order valence-corrected chi connectivity index (χ1v) is 10.9. The van der Waals surface area contributed by atoms with Gasteiger partial charge in [-0.1, -0.05) is 31.2 Å². The molecule has 0 saturated carbocycles. The number of halogens is 1. The fraction of sp³-hybridized carbons (Fsp3) is 0.591. The van der Waals surface area contributed by atoms with E-state index in [2.05, 4.69) is 56.2 Å². The normalized spacial score (nSPS) is 19.2. The molecule has 4 rings (SSSR count). The lowest BCUT2D eigenvalue weighted by molar-refractivity contribution is 0.0223. The van der Waals surface area contributed by atoms with Crippen molar-refractivity contribution in [3.8, 4) is 0 Å². The summed E-state index contributed by atoms with van der Waals surface area (Å²) >= 11 is 0. The number of aryl methyl sites for hydroxylation is 1. The fourth-order valence-corrected chi connectivity index (χ4v) is 4.11. The summed E-state index contributed by atoms with van der Waals surface area (Å²) in [5, 5.41) is 11.8. The maximum atomic E-state index is 5.89. The van der Waals surface area contributed by atoms with Crippen molar-refractivity contribution in [3.05, 3.63) is 47.5 Å². The van der Waals surface area contributed by atoms with Crippen LogP contribution in [0, 0.1) is 0 Å². The minimum Gasteiger partial charge on any atom is -0.376 e.